The maximum absolute atomic E-state index is 11.6. The number of carbonyl (C=O) groups is 1. The normalized spacial score (nSPS) is 25.1. The molecule has 0 aromatic rings. The fourth-order valence-corrected chi connectivity index (χ4v) is 1.89. The van der Waals surface area contributed by atoms with Gasteiger partial charge in [0.1, 0.15) is 5.60 Å². The number of hydrogen-bond acceptors (Lipinski definition) is 2. The van der Waals surface area contributed by atoms with Crippen molar-refractivity contribution in [3.8, 4) is 0 Å². The van der Waals surface area contributed by atoms with E-state index in [1.165, 1.54) is 25.7 Å². The summed E-state index contributed by atoms with van der Waals surface area (Å²) in [4.78, 5) is 11.6. The van der Waals surface area contributed by atoms with Crippen LogP contribution >= 0.6 is 0 Å². The molecule has 0 radical (unpaired) electrons. The zero-order valence-electron chi connectivity index (χ0n) is 10.5. The molecule has 2 atom stereocenters. The lowest BCUT2D eigenvalue weighted by atomic mass is 10.1. The minimum atomic E-state index is -0.326. The first kappa shape index (κ1) is 12.5. The molecule has 88 valence electrons. The molecule has 1 saturated carbocycles. The molecule has 2 nitrogen and oxygen atoms in total. The maximum atomic E-state index is 11.6. The van der Waals surface area contributed by atoms with E-state index in [4.69, 9.17) is 4.74 Å². The molecule has 0 N–H and O–H groups in total. The van der Waals surface area contributed by atoms with Crippen LogP contribution < -0.4 is 0 Å². The highest BCUT2D eigenvalue weighted by Gasteiger charge is 2.44. The lowest BCUT2D eigenvalue weighted by molar-refractivity contribution is -0.156. The van der Waals surface area contributed by atoms with Gasteiger partial charge < -0.3 is 4.74 Å². The van der Waals surface area contributed by atoms with E-state index in [1.54, 1.807) is 0 Å². The van der Waals surface area contributed by atoms with Gasteiger partial charge in [-0.1, -0.05) is 26.2 Å². The van der Waals surface area contributed by atoms with Crippen LogP contribution in [0.5, 0.6) is 0 Å². The summed E-state index contributed by atoms with van der Waals surface area (Å²) in [5.74, 6) is 0.844. The Bertz CT molecular complexity index is 215. The second-order valence-electron chi connectivity index (χ2n) is 5.63. The summed E-state index contributed by atoms with van der Waals surface area (Å²) < 4.78 is 5.36. The molecule has 0 aromatic heterocycles. The Morgan fingerprint density at radius 3 is 2.53 bits per heavy atom. The lowest BCUT2D eigenvalue weighted by Gasteiger charge is -2.19. The molecular weight excluding hydrogens is 188 g/mol. The van der Waals surface area contributed by atoms with Crippen molar-refractivity contribution in [3.63, 3.8) is 0 Å². The number of hydrogen-bond donors (Lipinski definition) is 0. The number of rotatable bonds is 5. The average molecular weight is 212 g/mol. The molecule has 15 heavy (non-hydrogen) atoms. The Hall–Kier alpha value is -0.530. The minimum absolute atomic E-state index is 0.0176. The van der Waals surface area contributed by atoms with E-state index in [1.807, 2.05) is 20.8 Å². The molecular formula is C13H24O2. The Kier molecular flexibility index (Phi) is 4.18. The third kappa shape index (κ3) is 4.67. The van der Waals surface area contributed by atoms with Crippen molar-refractivity contribution in [1.29, 1.82) is 0 Å². The highest BCUT2D eigenvalue weighted by Crippen LogP contribution is 2.43. The molecule has 0 saturated heterocycles. The van der Waals surface area contributed by atoms with Crippen LogP contribution in [0.15, 0.2) is 0 Å². The first-order valence-electron chi connectivity index (χ1n) is 6.17. The molecule has 1 aliphatic rings. The van der Waals surface area contributed by atoms with E-state index in [2.05, 4.69) is 6.92 Å². The van der Waals surface area contributed by atoms with Crippen molar-refractivity contribution in [2.75, 3.05) is 0 Å². The number of unbranched alkanes of at least 4 members (excludes halogenated alkanes) is 2. The van der Waals surface area contributed by atoms with Gasteiger partial charge in [0.25, 0.3) is 0 Å². The van der Waals surface area contributed by atoms with Crippen LogP contribution in [-0.2, 0) is 9.53 Å². The number of ether oxygens (including phenoxy) is 1. The summed E-state index contributed by atoms with van der Waals surface area (Å²) in [6.45, 7) is 8.00. The topological polar surface area (TPSA) is 26.3 Å². The molecule has 1 rings (SSSR count). The van der Waals surface area contributed by atoms with E-state index in [0.29, 0.717) is 5.92 Å². The minimum Gasteiger partial charge on any atom is -0.460 e. The first-order valence-corrected chi connectivity index (χ1v) is 6.17. The molecule has 2 heteroatoms. The molecule has 0 amide bonds. The molecule has 0 spiro atoms. The summed E-state index contributed by atoms with van der Waals surface area (Å²) in [5.41, 5.74) is -0.326. The van der Waals surface area contributed by atoms with Gasteiger partial charge in [0, 0.05) is 0 Å². The zero-order chi connectivity index (χ0) is 11.5. The second kappa shape index (κ2) is 5.00. The average Bonchev–Trinajstić information content (AvgIpc) is 2.81. The number of carbonyl (C=O) groups excluding carboxylic acids is 1. The molecule has 0 aliphatic heterocycles. The van der Waals surface area contributed by atoms with Crippen molar-refractivity contribution in [1.82, 2.24) is 0 Å². The van der Waals surface area contributed by atoms with Gasteiger partial charge >= 0.3 is 5.97 Å². The highest BCUT2D eigenvalue weighted by atomic mass is 16.6. The van der Waals surface area contributed by atoms with Gasteiger partial charge in [-0.05, 0) is 39.5 Å². The van der Waals surface area contributed by atoms with Crippen LogP contribution in [0.3, 0.4) is 0 Å². The van der Waals surface area contributed by atoms with Gasteiger partial charge in [-0.3, -0.25) is 4.79 Å². The standard InChI is InChI=1S/C13H24O2/c1-5-6-7-8-10-9-11(10)12(14)15-13(2,3)4/h10-11H,5-9H2,1-4H3/t10-,11-/m1/s1. The summed E-state index contributed by atoms with van der Waals surface area (Å²) >= 11 is 0. The van der Waals surface area contributed by atoms with Gasteiger partial charge in [-0.2, -0.15) is 0 Å². The van der Waals surface area contributed by atoms with Crippen molar-refractivity contribution >= 4 is 5.97 Å². The quantitative estimate of drug-likeness (QED) is 0.514. The smallest absolute Gasteiger partial charge is 0.309 e. The van der Waals surface area contributed by atoms with Crippen LogP contribution in [0.1, 0.15) is 59.8 Å². The largest absolute Gasteiger partial charge is 0.460 e. The third-order valence-corrected chi connectivity index (χ3v) is 2.81. The number of esters is 1. The molecule has 0 unspecified atom stereocenters. The van der Waals surface area contributed by atoms with E-state index < -0.39 is 0 Å². The van der Waals surface area contributed by atoms with Crippen molar-refractivity contribution in [3.05, 3.63) is 0 Å². The summed E-state index contributed by atoms with van der Waals surface area (Å²) in [7, 11) is 0. The fourth-order valence-electron chi connectivity index (χ4n) is 1.89. The van der Waals surface area contributed by atoms with Crippen LogP contribution in [0.2, 0.25) is 0 Å². The van der Waals surface area contributed by atoms with Crippen LogP contribution in [0, 0.1) is 11.8 Å². The van der Waals surface area contributed by atoms with E-state index in [9.17, 15) is 4.79 Å². The Morgan fingerprint density at radius 1 is 1.33 bits per heavy atom. The molecule has 0 aromatic carbocycles. The lowest BCUT2D eigenvalue weighted by Crippen LogP contribution is -2.25. The zero-order valence-corrected chi connectivity index (χ0v) is 10.5. The third-order valence-electron chi connectivity index (χ3n) is 2.81. The predicted octanol–water partition coefficient (Wildman–Crippen LogP) is 3.54. The highest BCUT2D eigenvalue weighted by molar-refractivity contribution is 5.76. The Labute approximate surface area is 93.4 Å². The van der Waals surface area contributed by atoms with Crippen molar-refractivity contribution in [2.45, 2.75) is 65.4 Å². The van der Waals surface area contributed by atoms with Gasteiger partial charge in [-0.15, -0.1) is 0 Å². The Balaban J connectivity index is 2.17. The van der Waals surface area contributed by atoms with Crippen molar-refractivity contribution < 1.29 is 9.53 Å². The van der Waals surface area contributed by atoms with E-state index in [-0.39, 0.29) is 17.5 Å². The van der Waals surface area contributed by atoms with Gasteiger partial charge in [0.15, 0.2) is 0 Å². The monoisotopic (exact) mass is 212 g/mol. The van der Waals surface area contributed by atoms with Gasteiger partial charge in [0.2, 0.25) is 0 Å². The summed E-state index contributed by atoms with van der Waals surface area (Å²) in [5, 5.41) is 0. The maximum Gasteiger partial charge on any atom is 0.309 e. The molecule has 0 bridgehead atoms. The van der Waals surface area contributed by atoms with E-state index >= 15 is 0 Å². The van der Waals surface area contributed by atoms with Gasteiger partial charge in [0.05, 0.1) is 5.92 Å². The summed E-state index contributed by atoms with van der Waals surface area (Å²) in [6, 6.07) is 0. The molecule has 0 heterocycles. The molecule has 1 fully saturated rings. The SMILES string of the molecule is CCCCC[C@@H]1C[C@H]1C(=O)OC(C)(C)C. The summed E-state index contributed by atoms with van der Waals surface area (Å²) in [6.07, 6.45) is 6.07. The van der Waals surface area contributed by atoms with Crippen LogP contribution in [0.25, 0.3) is 0 Å². The molecule has 1 aliphatic carbocycles. The van der Waals surface area contributed by atoms with E-state index in [0.717, 1.165) is 6.42 Å². The van der Waals surface area contributed by atoms with Gasteiger partial charge in [-0.25, -0.2) is 0 Å². The first-order chi connectivity index (χ1) is 6.94. The fraction of sp³-hybridized carbons (Fsp3) is 0.923. The second-order valence-corrected chi connectivity index (χ2v) is 5.63. The predicted molar refractivity (Wildman–Crippen MR) is 61.6 cm³/mol. The Morgan fingerprint density at radius 2 is 2.00 bits per heavy atom. The van der Waals surface area contributed by atoms with Crippen LogP contribution in [-0.4, -0.2) is 11.6 Å². The van der Waals surface area contributed by atoms with Crippen LogP contribution in [0.4, 0.5) is 0 Å². The van der Waals surface area contributed by atoms with Crippen molar-refractivity contribution in [2.24, 2.45) is 11.8 Å².